The highest BCUT2D eigenvalue weighted by Gasteiger charge is 2.30. The molecule has 8 heteroatoms. The lowest BCUT2D eigenvalue weighted by Gasteiger charge is -2.28. The monoisotopic (exact) mass is 496 g/mol. The van der Waals surface area contributed by atoms with Gasteiger partial charge in [-0.15, -0.1) is 0 Å². The van der Waals surface area contributed by atoms with E-state index in [1.165, 1.54) is 12.8 Å². The number of carbonyl (C=O) groups is 1. The second-order valence-electron chi connectivity index (χ2n) is 10.00. The molecule has 3 aromatic heterocycles. The van der Waals surface area contributed by atoms with E-state index >= 15 is 0 Å². The molecule has 1 saturated heterocycles. The van der Waals surface area contributed by atoms with E-state index in [1.54, 1.807) is 18.0 Å². The number of nitrogens with zero attached hydrogens (tertiary/aromatic N) is 5. The highest BCUT2D eigenvalue weighted by Crippen LogP contribution is 2.40. The fourth-order valence-electron chi connectivity index (χ4n) is 5.36. The summed E-state index contributed by atoms with van der Waals surface area (Å²) in [6, 6.07) is 15.9. The summed E-state index contributed by atoms with van der Waals surface area (Å²) in [5.41, 5.74) is 4.20. The molecule has 1 amide bonds. The van der Waals surface area contributed by atoms with Crippen LogP contribution in [0.5, 0.6) is 5.75 Å². The molecule has 8 nitrogen and oxygen atoms in total. The molecule has 4 aromatic rings. The third-order valence-corrected chi connectivity index (χ3v) is 7.46. The van der Waals surface area contributed by atoms with Crippen molar-refractivity contribution in [2.45, 2.75) is 44.6 Å². The van der Waals surface area contributed by atoms with Gasteiger partial charge in [0.05, 0.1) is 29.8 Å². The molecule has 1 aromatic carbocycles. The Kier molecular flexibility index (Phi) is 6.34. The Morgan fingerprint density at radius 2 is 1.97 bits per heavy atom. The maximum absolute atomic E-state index is 13.8. The number of benzene rings is 1. The molecule has 0 bridgehead atoms. The lowest BCUT2D eigenvalue weighted by atomic mass is 10.0. The number of methoxy groups -OCH3 is 1. The van der Waals surface area contributed by atoms with Gasteiger partial charge in [0, 0.05) is 24.4 Å². The predicted octanol–water partition coefficient (Wildman–Crippen LogP) is 4.58. The van der Waals surface area contributed by atoms with Crippen LogP contribution >= 0.6 is 0 Å². The van der Waals surface area contributed by atoms with E-state index in [9.17, 15) is 4.79 Å². The van der Waals surface area contributed by atoms with Crippen LogP contribution in [0.2, 0.25) is 0 Å². The van der Waals surface area contributed by atoms with Gasteiger partial charge in [0.2, 0.25) is 0 Å². The Hall–Kier alpha value is -3.78. The molecule has 4 heterocycles. The summed E-state index contributed by atoms with van der Waals surface area (Å²) < 4.78 is 7.24. The van der Waals surface area contributed by atoms with Crippen LogP contribution < -0.4 is 10.1 Å². The molecular formula is C29H32N6O2. The number of hydrogen-bond donors (Lipinski definition) is 1. The Morgan fingerprint density at radius 1 is 1.14 bits per heavy atom. The minimum absolute atomic E-state index is 0.0825. The van der Waals surface area contributed by atoms with Crippen molar-refractivity contribution in [2.75, 3.05) is 26.7 Å². The summed E-state index contributed by atoms with van der Waals surface area (Å²) in [7, 11) is 1.69. The summed E-state index contributed by atoms with van der Waals surface area (Å²) in [5.74, 6) is 1.83. The van der Waals surface area contributed by atoms with E-state index in [0.717, 1.165) is 54.0 Å². The molecule has 1 saturated carbocycles. The third kappa shape index (κ3) is 4.69. The van der Waals surface area contributed by atoms with Gasteiger partial charge < -0.3 is 10.1 Å². The largest absolute Gasteiger partial charge is 0.497 e. The standard InChI is InChI=1S/C29H32N6O2/c1-19-27-23(17-24(20-11-12-20)32-28(27)35(33-19)26-10-3-4-13-30-26)29(36)31-18-25(34-14-5-6-15-34)21-8-7-9-22(16-21)37-2/h3-4,7-10,13,16-17,20,25H,5-6,11-12,14-15,18H2,1-2H3,(H,31,36). The minimum Gasteiger partial charge on any atom is -0.497 e. The Balaban J connectivity index is 1.34. The number of carbonyl (C=O) groups excluding carboxylic acids is 1. The van der Waals surface area contributed by atoms with Crippen molar-refractivity contribution in [3.05, 3.63) is 77.2 Å². The zero-order valence-electron chi connectivity index (χ0n) is 21.4. The first-order valence-corrected chi connectivity index (χ1v) is 13.1. The van der Waals surface area contributed by atoms with Crippen molar-refractivity contribution in [1.82, 2.24) is 30.0 Å². The molecule has 37 heavy (non-hydrogen) atoms. The van der Waals surface area contributed by atoms with E-state index in [1.807, 2.05) is 43.3 Å². The maximum Gasteiger partial charge on any atom is 0.252 e. The molecule has 6 rings (SSSR count). The van der Waals surface area contributed by atoms with E-state index in [2.05, 4.69) is 27.3 Å². The van der Waals surface area contributed by atoms with Gasteiger partial charge in [-0.2, -0.15) is 9.78 Å². The summed E-state index contributed by atoms with van der Waals surface area (Å²) in [5, 5.41) is 8.79. The van der Waals surface area contributed by atoms with Gasteiger partial charge in [-0.3, -0.25) is 9.69 Å². The smallest absolute Gasteiger partial charge is 0.252 e. The number of aryl methyl sites for hydroxylation is 1. The minimum atomic E-state index is -0.0925. The molecule has 1 N–H and O–H groups in total. The van der Waals surface area contributed by atoms with Gasteiger partial charge in [-0.1, -0.05) is 18.2 Å². The quantitative estimate of drug-likeness (QED) is 0.384. The van der Waals surface area contributed by atoms with Crippen LogP contribution in [0.3, 0.4) is 0 Å². The van der Waals surface area contributed by atoms with Crippen molar-refractivity contribution in [2.24, 2.45) is 0 Å². The average Bonchev–Trinajstić information content (AvgIpc) is 3.55. The number of likely N-dealkylation sites (tertiary alicyclic amines) is 1. The second-order valence-corrected chi connectivity index (χ2v) is 10.00. The van der Waals surface area contributed by atoms with Crippen molar-refractivity contribution in [3.63, 3.8) is 0 Å². The number of amides is 1. The molecule has 1 aliphatic heterocycles. The first-order chi connectivity index (χ1) is 18.1. The molecule has 2 aliphatic rings. The number of ether oxygens (including phenoxy) is 1. The van der Waals surface area contributed by atoms with Gasteiger partial charge >= 0.3 is 0 Å². The lowest BCUT2D eigenvalue weighted by molar-refractivity contribution is 0.0939. The normalized spacial score (nSPS) is 16.7. The Bertz CT molecular complexity index is 1420. The molecule has 1 unspecified atom stereocenters. The Morgan fingerprint density at radius 3 is 2.70 bits per heavy atom. The fourth-order valence-corrected chi connectivity index (χ4v) is 5.36. The number of pyridine rings is 2. The van der Waals surface area contributed by atoms with Crippen LogP contribution in [0, 0.1) is 6.92 Å². The third-order valence-electron chi connectivity index (χ3n) is 7.46. The van der Waals surface area contributed by atoms with Crippen molar-refractivity contribution in [3.8, 4) is 11.6 Å². The molecular weight excluding hydrogens is 464 g/mol. The van der Waals surface area contributed by atoms with Crippen LogP contribution in [0.15, 0.2) is 54.7 Å². The number of fused-ring (bicyclic) bond motifs is 1. The number of aromatic nitrogens is 4. The second kappa shape index (κ2) is 9.94. The van der Waals surface area contributed by atoms with Crippen LogP contribution in [0.4, 0.5) is 0 Å². The van der Waals surface area contributed by atoms with Crippen LogP contribution in [0.1, 0.15) is 65.0 Å². The summed E-state index contributed by atoms with van der Waals surface area (Å²) in [6.45, 7) is 4.50. The van der Waals surface area contributed by atoms with E-state index < -0.39 is 0 Å². The van der Waals surface area contributed by atoms with E-state index in [4.69, 9.17) is 14.8 Å². The molecule has 1 aliphatic carbocycles. The van der Waals surface area contributed by atoms with Gasteiger partial charge in [0.25, 0.3) is 5.91 Å². The molecule has 1 atom stereocenters. The van der Waals surface area contributed by atoms with Gasteiger partial charge in [-0.05, 0) is 81.6 Å². The molecule has 190 valence electrons. The van der Waals surface area contributed by atoms with E-state index in [0.29, 0.717) is 29.5 Å². The average molecular weight is 497 g/mol. The fraction of sp³-hybridized carbons (Fsp3) is 0.379. The van der Waals surface area contributed by atoms with Crippen LogP contribution in [0.25, 0.3) is 16.9 Å². The summed E-state index contributed by atoms with van der Waals surface area (Å²) in [6.07, 6.45) is 6.30. The topological polar surface area (TPSA) is 85.2 Å². The van der Waals surface area contributed by atoms with Gasteiger partial charge in [-0.25, -0.2) is 9.97 Å². The Labute approximate surface area is 216 Å². The van der Waals surface area contributed by atoms with Gasteiger partial charge in [0.1, 0.15) is 5.75 Å². The summed E-state index contributed by atoms with van der Waals surface area (Å²) in [4.78, 5) is 25.7. The molecule has 2 fully saturated rings. The number of nitrogens with one attached hydrogen (secondary N) is 1. The van der Waals surface area contributed by atoms with Crippen LogP contribution in [-0.2, 0) is 0 Å². The van der Waals surface area contributed by atoms with Crippen molar-refractivity contribution in [1.29, 1.82) is 0 Å². The van der Waals surface area contributed by atoms with Crippen LogP contribution in [-0.4, -0.2) is 57.3 Å². The predicted molar refractivity (Wildman–Crippen MR) is 142 cm³/mol. The first kappa shape index (κ1) is 23.6. The number of hydrogen-bond acceptors (Lipinski definition) is 6. The van der Waals surface area contributed by atoms with Crippen molar-refractivity contribution >= 4 is 16.9 Å². The SMILES string of the molecule is COc1cccc(C(CNC(=O)c2cc(C3CC3)nc3c2c(C)nn3-c2ccccn2)N2CCCC2)c1. The van der Waals surface area contributed by atoms with E-state index in [-0.39, 0.29) is 11.9 Å². The molecule has 0 radical (unpaired) electrons. The lowest BCUT2D eigenvalue weighted by Crippen LogP contribution is -2.37. The first-order valence-electron chi connectivity index (χ1n) is 13.1. The molecule has 0 spiro atoms. The highest BCUT2D eigenvalue weighted by molar-refractivity contribution is 6.06. The summed E-state index contributed by atoms with van der Waals surface area (Å²) >= 11 is 0. The maximum atomic E-state index is 13.8. The zero-order chi connectivity index (χ0) is 25.4. The number of rotatable bonds is 8. The van der Waals surface area contributed by atoms with Gasteiger partial charge in [0.15, 0.2) is 11.5 Å². The van der Waals surface area contributed by atoms with Crippen molar-refractivity contribution < 1.29 is 9.53 Å². The zero-order valence-corrected chi connectivity index (χ0v) is 21.4. The highest BCUT2D eigenvalue weighted by atomic mass is 16.5.